The second-order valence-corrected chi connectivity index (χ2v) is 9.84. The van der Waals surface area contributed by atoms with Gasteiger partial charge in [-0.05, 0) is 48.1 Å². The van der Waals surface area contributed by atoms with Crippen molar-refractivity contribution < 1.29 is 9.18 Å². The number of rotatable bonds is 4. The van der Waals surface area contributed by atoms with Crippen LogP contribution in [0.1, 0.15) is 45.6 Å². The van der Waals surface area contributed by atoms with E-state index < -0.39 is 11.4 Å². The number of allylic oxidation sites excluding steroid dienone is 2. The summed E-state index contributed by atoms with van der Waals surface area (Å²) in [6.07, 6.45) is 3.55. The highest BCUT2D eigenvalue weighted by Gasteiger charge is 2.53. The van der Waals surface area contributed by atoms with Gasteiger partial charge in [0, 0.05) is 36.0 Å². The van der Waals surface area contributed by atoms with Gasteiger partial charge in [0.15, 0.2) is 11.9 Å². The average molecular weight is 446 g/mol. The van der Waals surface area contributed by atoms with Crippen LogP contribution in [0.15, 0.2) is 75.7 Å². The maximum absolute atomic E-state index is 13.8. The molecule has 0 amide bonds. The molecule has 7 heteroatoms. The Hall–Kier alpha value is -3.35. The van der Waals surface area contributed by atoms with Crippen LogP contribution in [0.3, 0.4) is 0 Å². The summed E-state index contributed by atoms with van der Waals surface area (Å²) < 4.78 is 13.8. The number of hydrogen-bond donors (Lipinski definition) is 1. The minimum atomic E-state index is -0.617. The molecular formula is C26H28FN5O. The normalized spacial score (nSPS) is 25.3. The quantitative estimate of drug-likeness (QED) is 0.626. The largest absolute Gasteiger partial charge is 0.362 e. The number of nitrogens with zero attached hydrogens (tertiary/aromatic N) is 4. The second-order valence-electron chi connectivity index (χ2n) is 9.84. The Bertz CT molecular complexity index is 1230. The minimum absolute atomic E-state index is 0.107. The minimum Gasteiger partial charge on any atom is -0.362 e. The van der Waals surface area contributed by atoms with Gasteiger partial charge in [-0.15, -0.1) is 0 Å². The van der Waals surface area contributed by atoms with Gasteiger partial charge in [-0.1, -0.05) is 39.0 Å². The Morgan fingerprint density at radius 3 is 2.73 bits per heavy atom. The first kappa shape index (κ1) is 21.5. The molecule has 0 bridgehead atoms. The van der Waals surface area contributed by atoms with Gasteiger partial charge < -0.3 is 10.2 Å². The zero-order valence-corrected chi connectivity index (χ0v) is 19.4. The van der Waals surface area contributed by atoms with Crippen molar-refractivity contribution in [2.75, 3.05) is 11.9 Å². The number of Topliss-reactive ketones (excluding diaryl/α,β-unsaturated/α-hetero) is 1. The van der Waals surface area contributed by atoms with E-state index in [-0.39, 0.29) is 17.4 Å². The maximum Gasteiger partial charge on any atom is 0.214 e. The highest BCUT2D eigenvalue weighted by atomic mass is 19.1. The number of anilines is 2. The summed E-state index contributed by atoms with van der Waals surface area (Å²) in [5.41, 5.74) is 3.97. The lowest BCUT2D eigenvalue weighted by Gasteiger charge is -2.48. The molecule has 2 unspecified atom stereocenters. The van der Waals surface area contributed by atoms with E-state index in [1.807, 2.05) is 30.3 Å². The molecule has 6 nitrogen and oxygen atoms in total. The molecule has 170 valence electrons. The number of benzene rings is 1. The molecule has 2 aliphatic heterocycles. The van der Waals surface area contributed by atoms with Crippen molar-refractivity contribution in [2.45, 2.75) is 51.6 Å². The number of aromatic nitrogens is 1. The van der Waals surface area contributed by atoms with Gasteiger partial charge in [-0.2, -0.15) is 14.6 Å². The number of fused-ring (bicyclic) bond motifs is 1. The van der Waals surface area contributed by atoms with Crippen LogP contribution in [-0.4, -0.2) is 24.0 Å². The number of ketones is 1. The van der Waals surface area contributed by atoms with E-state index in [4.69, 9.17) is 0 Å². The van der Waals surface area contributed by atoms with Crippen LogP contribution in [0.5, 0.6) is 0 Å². The SMILES string of the molecule is CCC1(c2cccc(N(C)c3cccc(F)n3)c2)C2=CN=NC2NC2=C1C(=O)CC(C)(C)C2. The number of halogens is 1. The third-order valence-corrected chi connectivity index (χ3v) is 7.08. The van der Waals surface area contributed by atoms with E-state index in [0.717, 1.165) is 34.5 Å². The van der Waals surface area contributed by atoms with Crippen molar-refractivity contribution in [2.24, 2.45) is 15.6 Å². The molecule has 3 heterocycles. The number of carbonyl (C=O) groups is 1. The standard InChI is InChI=1S/C26H28FN5O/c1-5-26(16-8-6-9-17(12-16)32(4)22-11-7-10-21(27)30-22)18-15-28-31-24(18)29-19-13-25(2,3)14-20(33)23(19)26/h6-12,15,24,29H,5,13-14H2,1-4H3. The molecule has 33 heavy (non-hydrogen) atoms. The van der Waals surface area contributed by atoms with Crippen molar-refractivity contribution >= 4 is 17.3 Å². The molecule has 0 spiro atoms. The Balaban J connectivity index is 1.67. The van der Waals surface area contributed by atoms with Crippen molar-refractivity contribution in [3.05, 3.63) is 77.0 Å². The van der Waals surface area contributed by atoms with Crippen LogP contribution in [0.4, 0.5) is 15.9 Å². The Morgan fingerprint density at radius 1 is 1.18 bits per heavy atom. The average Bonchev–Trinajstić information content (AvgIpc) is 3.25. The molecule has 1 aromatic heterocycles. The first-order valence-corrected chi connectivity index (χ1v) is 11.4. The van der Waals surface area contributed by atoms with Gasteiger partial charge in [0.1, 0.15) is 5.82 Å². The maximum atomic E-state index is 13.8. The van der Waals surface area contributed by atoms with Crippen molar-refractivity contribution in [1.82, 2.24) is 10.3 Å². The molecule has 1 aromatic carbocycles. The first-order chi connectivity index (χ1) is 15.7. The zero-order valence-electron chi connectivity index (χ0n) is 19.4. The fourth-order valence-electron chi connectivity index (χ4n) is 5.59. The van der Waals surface area contributed by atoms with E-state index in [0.29, 0.717) is 18.7 Å². The Labute approximate surface area is 193 Å². The van der Waals surface area contributed by atoms with Crippen LogP contribution in [0.25, 0.3) is 0 Å². The molecule has 0 radical (unpaired) electrons. The van der Waals surface area contributed by atoms with Crippen LogP contribution in [0, 0.1) is 11.4 Å². The van der Waals surface area contributed by atoms with E-state index in [2.05, 4.69) is 53.4 Å². The molecule has 5 rings (SSSR count). The van der Waals surface area contributed by atoms with E-state index in [1.54, 1.807) is 12.1 Å². The predicted octanol–water partition coefficient (Wildman–Crippen LogP) is 5.56. The van der Waals surface area contributed by atoms with Crippen LogP contribution < -0.4 is 10.2 Å². The van der Waals surface area contributed by atoms with E-state index in [1.165, 1.54) is 6.07 Å². The number of pyridine rings is 1. The molecular weight excluding hydrogens is 417 g/mol. The van der Waals surface area contributed by atoms with E-state index in [9.17, 15) is 9.18 Å². The summed E-state index contributed by atoms with van der Waals surface area (Å²) in [5.74, 6) is 0.167. The molecule has 2 atom stereocenters. The van der Waals surface area contributed by atoms with Crippen LogP contribution in [-0.2, 0) is 10.2 Å². The van der Waals surface area contributed by atoms with Crippen LogP contribution >= 0.6 is 0 Å². The first-order valence-electron chi connectivity index (χ1n) is 11.4. The van der Waals surface area contributed by atoms with Gasteiger partial charge in [0.2, 0.25) is 5.95 Å². The van der Waals surface area contributed by atoms with Crippen LogP contribution in [0.2, 0.25) is 0 Å². The third-order valence-electron chi connectivity index (χ3n) is 7.08. The molecule has 1 N–H and O–H groups in total. The molecule has 0 saturated heterocycles. The number of hydrogen-bond acceptors (Lipinski definition) is 6. The lowest BCUT2D eigenvalue weighted by molar-refractivity contribution is -0.119. The highest BCUT2D eigenvalue weighted by molar-refractivity contribution is 6.01. The molecule has 1 aliphatic carbocycles. The van der Waals surface area contributed by atoms with Crippen molar-refractivity contribution in [1.29, 1.82) is 0 Å². The second kappa shape index (κ2) is 7.61. The lowest BCUT2D eigenvalue weighted by Crippen LogP contribution is -2.51. The fourth-order valence-corrected chi connectivity index (χ4v) is 5.59. The van der Waals surface area contributed by atoms with Gasteiger partial charge >= 0.3 is 0 Å². The topological polar surface area (TPSA) is 70.0 Å². The summed E-state index contributed by atoms with van der Waals surface area (Å²) in [5, 5.41) is 12.1. The van der Waals surface area contributed by atoms with Gasteiger partial charge in [0.05, 0.1) is 11.6 Å². The molecule has 2 aromatic rings. The summed E-state index contributed by atoms with van der Waals surface area (Å²) in [6.45, 7) is 6.38. The third kappa shape index (κ3) is 3.37. The number of azo groups is 1. The highest BCUT2D eigenvalue weighted by Crippen LogP contribution is 2.54. The predicted molar refractivity (Wildman–Crippen MR) is 126 cm³/mol. The van der Waals surface area contributed by atoms with E-state index >= 15 is 0 Å². The summed E-state index contributed by atoms with van der Waals surface area (Å²) in [7, 11) is 1.86. The number of carbonyl (C=O) groups excluding carboxylic acids is 1. The zero-order chi connectivity index (χ0) is 23.4. The van der Waals surface area contributed by atoms with Gasteiger partial charge in [-0.3, -0.25) is 4.79 Å². The molecule has 3 aliphatic rings. The van der Waals surface area contributed by atoms with Crippen molar-refractivity contribution in [3.63, 3.8) is 0 Å². The monoisotopic (exact) mass is 445 g/mol. The molecule has 0 saturated carbocycles. The van der Waals surface area contributed by atoms with Gasteiger partial charge in [0.25, 0.3) is 0 Å². The fraction of sp³-hybridized carbons (Fsp3) is 0.385. The lowest BCUT2D eigenvalue weighted by atomic mass is 9.59. The summed E-state index contributed by atoms with van der Waals surface area (Å²) in [6, 6.07) is 12.9. The van der Waals surface area contributed by atoms with Crippen molar-refractivity contribution in [3.8, 4) is 0 Å². The summed E-state index contributed by atoms with van der Waals surface area (Å²) >= 11 is 0. The number of nitrogens with one attached hydrogen (secondary N) is 1. The Kier molecular flexibility index (Phi) is 4.96. The summed E-state index contributed by atoms with van der Waals surface area (Å²) in [4.78, 5) is 19.5. The van der Waals surface area contributed by atoms with Gasteiger partial charge in [-0.25, -0.2) is 4.98 Å². The smallest absolute Gasteiger partial charge is 0.214 e. The molecule has 0 fully saturated rings. The Morgan fingerprint density at radius 2 is 1.97 bits per heavy atom.